The number of carbonyl (C=O) groups is 1. The van der Waals surface area contributed by atoms with Gasteiger partial charge in [0, 0.05) is 13.7 Å². The monoisotopic (exact) mass is 272 g/mol. The molecule has 19 heavy (non-hydrogen) atoms. The Hall–Kier alpha value is -1.86. The molecule has 0 amide bonds. The van der Waals surface area contributed by atoms with E-state index in [1.165, 1.54) is 7.11 Å². The van der Waals surface area contributed by atoms with E-state index in [2.05, 4.69) is 5.32 Å². The smallest absolute Gasteiger partial charge is 0.338 e. The van der Waals surface area contributed by atoms with E-state index in [1.807, 2.05) is 0 Å². The molecule has 1 aromatic carbocycles. The van der Waals surface area contributed by atoms with Gasteiger partial charge in [0.1, 0.15) is 5.82 Å². The average Bonchev–Trinajstić information content (AvgIpc) is 2.33. The molecule has 0 heterocycles. The van der Waals surface area contributed by atoms with Crippen LogP contribution in [0.4, 0.5) is 15.8 Å². The number of hydrogen-bond donors (Lipinski definition) is 4. The summed E-state index contributed by atoms with van der Waals surface area (Å²) in [4.78, 5) is 10.7. The lowest BCUT2D eigenvalue weighted by Gasteiger charge is -2.13. The molecule has 6 nitrogen and oxygen atoms in total. The Labute approximate surface area is 110 Å². The van der Waals surface area contributed by atoms with Crippen LogP contribution >= 0.6 is 0 Å². The molecule has 106 valence electrons. The summed E-state index contributed by atoms with van der Waals surface area (Å²) >= 11 is 0. The van der Waals surface area contributed by atoms with E-state index in [-0.39, 0.29) is 12.3 Å². The minimum Gasteiger partial charge on any atom is -0.478 e. The van der Waals surface area contributed by atoms with Crippen LogP contribution in [0.3, 0.4) is 0 Å². The molecule has 1 rings (SSSR count). The minimum atomic E-state index is -1.37. The van der Waals surface area contributed by atoms with Crippen LogP contribution in [0.25, 0.3) is 0 Å². The third kappa shape index (κ3) is 4.38. The molecule has 0 aromatic heterocycles. The van der Waals surface area contributed by atoms with Crippen LogP contribution in [0.15, 0.2) is 12.1 Å². The molecule has 0 saturated carbocycles. The lowest BCUT2D eigenvalue weighted by Crippen LogP contribution is -2.18. The zero-order valence-electron chi connectivity index (χ0n) is 10.5. The Morgan fingerprint density at radius 3 is 2.84 bits per heavy atom. The third-order valence-corrected chi connectivity index (χ3v) is 2.52. The number of nitrogens with one attached hydrogen (secondary N) is 1. The van der Waals surface area contributed by atoms with Crippen molar-refractivity contribution < 1.29 is 24.1 Å². The zero-order chi connectivity index (χ0) is 14.4. The molecule has 0 spiro atoms. The second kappa shape index (κ2) is 6.91. The summed E-state index contributed by atoms with van der Waals surface area (Å²) in [5.74, 6) is -2.23. The quantitative estimate of drug-likeness (QED) is 0.550. The molecule has 0 bridgehead atoms. The number of hydrogen-bond acceptors (Lipinski definition) is 5. The fraction of sp³-hybridized carbons (Fsp3) is 0.417. The molecule has 5 N–H and O–H groups in total. The minimum absolute atomic E-state index is 0.139. The lowest BCUT2D eigenvalue weighted by molar-refractivity contribution is 0.0615. The molecule has 1 aromatic rings. The molecule has 1 atom stereocenters. The maximum atomic E-state index is 13.4. The van der Waals surface area contributed by atoms with Gasteiger partial charge >= 0.3 is 5.97 Å². The van der Waals surface area contributed by atoms with E-state index in [4.69, 9.17) is 15.6 Å². The molecule has 0 fully saturated rings. The van der Waals surface area contributed by atoms with Crippen molar-refractivity contribution >= 4 is 17.3 Å². The molecule has 7 heteroatoms. The number of anilines is 2. The second-order valence-corrected chi connectivity index (χ2v) is 4.05. The normalized spacial score (nSPS) is 12.2. The Morgan fingerprint density at radius 1 is 1.58 bits per heavy atom. The van der Waals surface area contributed by atoms with E-state index < -0.39 is 23.5 Å². The molecule has 0 aliphatic heterocycles. The van der Waals surface area contributed by atoms with Crippen molar-refractivity contribution in [3.8, 4) is 0 Å². The second-order valence-electron chi connectivity index (χ2n) is 4.05. The summed E-state index contributed by atoms with van der Waals surface area (Å²) in [6.45, 7) is 0.573. The number of aromatic carboxylic acids is 1. The largest absolute Gasteiger partial charge is 0.478 e. The van der Waals surface area contributed by atoms with Crippen LogP contribution in [0.2, 0.25) is 0 Å². The molecule has 0 radical (unpaired) electrons. The van der Waals surface area contributed by atoms with Crippen molar-refractivity contribution in [2.75, 3.05) is 31.3 Å². The highest BCUT2D eigenvalue weighted by molar-refractivity contribution is 5.90. The third-order valence-electron chi connectivity index (χ3n) is 2.52. The number of aliphatic hydroxyl groups is 1. The first kappa shape index (κ1) is 15.2. The summed E-state index contributed by atoms with van der Waals surface area (Å²) in [5, 5.41) is 21.0. The summed E-state index contributed by atoms with van der Waals surface area (Å²) < 4.78 is 18.2. The Kier molecular flexibility index (Phi) is 5.53. The summed E-state index contributed by atoms with van der Waals surface area (Å²) in [6, 6.07) is 2.09. The number of methoxy groups -OCH3 is 1. The van der Waals surface area contributed by atoms with Crippen LogP contribution in [-0.4, -0.2) is 42.5 Å². The first-order valence-electron chi connectivity index (χ1n) is 5.69. The van der Waals surface area contributed by atoms with Gasteiger partial charge in [0.15, 0.2) is 0 Å². The van der Waals surface area contributed by atoms with Gasteiger partial charge in [-0.25, -0.2) is 9.18 Å². The van der Waals surface area contributed by atoms with E-state index in [9.17, 15) is 14.3 Å². The van der Waals surface area contributed by atoms with Gasteiger partial charge < -0.3 is 26.0 Å². The topological polar surface area (TPSA) is 105 Å². The Bertz CT molecular complexity index is 454. The fourth-order valence-electron chi connectivity index (χ4n) is 1.56. The van der Waals surface area contributed by atoms with Gasteiger partial charge in [-0.1, -0.05) is 0 Å². The molecular formula is C12H17FN2O4. The molecule has 1 unspecified atom stereocenters. The average molecular weight is 272 g/mol. The van der Waals surface area contributed by atoms with E-state index in [1.54, 1.807) is 0 Å². The number of carboxylic acid groups (broad SMARTS) is 1. The van der Waals surface area contributed by atoms with Gasteiger partial charge in [-0.3, -0.25) is 0 Å². The predicted octanol–water partition coefficient (Wildman–Crippen LogP) is 0.915. The van der Waals surface area contributed by atoms with Crippen molar-refractivity contribution in [1.29, 1.82) is 0 Å². The highest BCUT2D eigenvalue weighted by Crippen LogP contribution is 2.23. The van der Waals surface area contributed by atoms with Gasteiger partial charge in [-0.05, 0) is 18.6 Å². The number of rotatable bonds is 7. The van der Waals surface area contributed by atoms with Crippen molar-refractivity contribution in [1.82, 2.24) is 0 Å². The van der Waals surface area contributed by atoms with Crippen LogP contribution in [0.1, 0.15) is 16.8 Å². The first-order chi connectivity index (χ1) is 8.95. The van der Waals surface area contributed by atoms with Crippen molar-refractivity contribution in [3.63, 3.8) is 0 Å². The van der Waals surface area contributed by atoms with Gasteiger partial charge in [0.2, 0.25) is 0 Å². The molecule has 0 aliphatic rings. The molecule has 0 saturated heterocycles. The maximum Gasteiger partial charge on any atom is 0.338 e. The number of ether oxygens (including phenoxy) is 1. The number of carboxylic acids is 1. The number of nitrogens with two attached hydrogens (primary N) is 1. The van der Waals surface area contributed by atoms with Crippen molar-refractivity contribution in [2.24, 2.45) is 0 Å². The van der Waals surface area contributed by atoms with E-state index in [0.717, 1.165) is 12.1 Å². The van der Waals surface area contributed by atoms with E-state index >= 15 is 0 Å². The number of benzene rings is 1. The Balaban J connectivity index is 2.65. The zero-order valence-corrected chi connectivity index (χ0v) is 10.5. The summed E-state index contributed by atoms with van der Waals surface area (Å²) in [6.07, 6.45) is -0.225. The van der Waals surface area contributed by atoms with Gasteiger partial charge in [0.05, 0.1) is 29.6 Å². The van der Waals surface area contributed by atoms with Crippen molar-refractivity contribution in [2.45, 2.75) is 12.5 Å². The Morgan fingerprint density at radius 2 is 2.26 bits per heavy atom. The highest BCUT2D eigenvalue weighted by atomic mass is 19.1. The number of nitrogen functional groups attached to an aromatic ring is 1. The number of aliphatic hydroxyl groups excluding tert-OH is 1. The van der Waals surface area contributed by atoms with Crippen LogP contribution in [0, 0.1) is 5.82 Å². The predicted molar refractivity (Wildman–Crippen MR) is 68.8 cm³/mol. The first-order valence-corrected chi connectivity index (χ1v) is 5.69. The lowest BCUT2D eigenvalue weighted by atomic mass is 10.1. The van der Waals surface area contributed by atoms with Gasteiger partial charge in [-0.2, -0.15) is 0 Å². The number of halogens is 1. The molecular weight excluding hydrogens is 255 g/mol. The van der Waals surface area contributed by atoms with Crippen LogP contribution < -0.4 is 11.1 Å². The van der Waals surface area contributed by atoms with E-state index in [0.29, 0.717) is 18.7 Å². The molecule has 0 aliphatic carbocycles. The maximum absolute atomic E-state index is 13.4. The van der Waals surface area contributed by atoms with Crippen molar-refractivity contribution in [3.05, 3.63) is 23.5 Å². The summed E-state index contributed by atoms with van der Waals surface area (Å²) in [5.41, 5.74) is 5.59. The fourth-order valence-corrected chi connectivity index (χ4v) is 1.56. The van der Waals surface area contributed by atoms with Gasteiger partial charge in [0.25, 0.3) is 0 Å². The highest BCUT2D eigenvalue weighted by Gasteiger charge is 2.13. The standard InChI is InChI=1S/C12H17FN2O4/c1-19-6-7(16)2-3-15-11-5-9(13)8(12(17)18)4-10(11)14/h4-5,7,15-16H,2-3,6,14H2,1H3,(H,17,18). The SMILES string of the molecule is COCC(O)CCNc1cc(F)c(C(=O)O)cc1N. The van der Waals surface area contributed by atoms with Gasteiger partial charge in [-0.15, -0.1) is 0 Å². The summed E-state index contributed by atoms with van der Waals surface area (Å²) in [7, 11) is 1.48. The van der Waals surface area contributed by atoms with Crippen LogP contribution in [-0.2, 0) is 4.74 Å². The van der Waals surface area contributed by atoms with Crippen LogP contribution in [0.5, 0.6) is 0 Å².